The van der Waals surface area contributed by atoms with Crippen molar-refractivity contribution < 1.29 is 9.53 Å². The highest BCUT2D eigenvalue weighted by atomic mass is 79.9. The fraction of sp³-hybridized carbons (Fsp3) is 0.562. The van der Waals surface area contributed by atoms with Crippen LogP contribution in [0.25, 0.3) is 0 Å². The van der Waals surface area contributed by atoms with Crippen LogP contribution in [-0.2, 0) is 11.3 Å². The van der Waals surface area contributed by atoms with Crippen molar-refractivity contribution in [2.45, 2.75) is 57.8 Å². The number of rotatable bonds is 4. The summed E-state index contributed by atoms with van der Waals surface area (Å²) >= 11 is 3.47. The quantitative estimate of drug-likeness (QED) is 0.868. The monoisotopic (exact) mass is 354 g/mol. The predicted octanol–water partition coefficient (Wildman–Crippen LogP) is 3.59. The Kier molecular flexibility index (Phi) is 5.27. The molecule has 0 unspecified atom stereocenters. The minimum Gasteiger partial charge on any atom is -0.444 e. The molecule has 1 amide bonds. The van der Waals surface area contributed by atoms with E-state index in [-0.39, 0.29) is 12.1 Å². The van der Waals surface area contributed by atoms with Crippen LogP contribution in [0.3, 0.4) is 0 Å². The Labute approximate surface area is 134 Å². The number of halogens is 1. The van der Waals surface area contributed by atoms with Crippen LogP contribution in [0.15, 0.2) is 28.7 Å². The van der Waals surface area contributed by atoms with Crippen molar-refractivity contribution in [1.29, 1.82) is 0 Å². The van der Waals surface area contributed by atoms with Crippen LogP contribution < -0.4 is 10.6 Å². The van der Waals surface area contributed by atoms with E-state index in [1.807, 2.05) is 32.9 Å². The predicted molar refractivity (Wildman–Crippen MR) is 87.2 cm³/mol. The second kappa shape index (κ2) is 6.79. The molecule has 0 heterocycles. The van der Waals surface area contributed by atoms with Crippen LogP contribution in [0.2, 0.25) is 0 Å². The molecule has 5 heteroatoms. The Morgan fingerprint density at radius 1 is 1.33 bits per heavy atom. The Morgan fingerprint density at radius 2 is 2.05 bits per heavy atom. The lowest BCUT2D eigenvalue weighted by molar-refractivity contribution is 0.0465. The maximum absolute atomic E-state index is 11.6. The van der Waals surface area contributed by atoms with Gasteiger partial charge < -0.3 is 15.4 Å². The number of alkyl carbamates (subject to hydrolysis) is 1. The molecule has 0 atom stereocenters. The molecule has 1 aromatic rings. The van der Waals surface area contributed by atoms with E-state index < -0.39 is 5.60 Å². The van der Waals surface area contributed by atoms with Gasteiger partial charge in [0.1, 0.15) is 5.60 Å². The van der Waals surface area contributed by atoms with E-state index in [9.17, 15) is 4.79 Å². The first-order valence-electron chi connectivity index (χ1n) is 7.29. The summed E-state index contributed by atoms with van der Waals surface area (Å²) in [5.41, 5.74) is 0.819. The Hall–Kier alpha value is -1.07. The number of hydrogen-bond acceptors (Lipinski definition) is 3. The molecule has 2 N–H and O–H groups in total. The van der Waals surface area contributed by atoms with E-state index in [1.54, 1.807) is 0 Å². The van der Waals surface area contributed by atoms with Gasteiger partial charge in [0.25, 0.3) is 0 Å². The molecule has 0 bridgehead atoms. The zero-order valence-corrected chi connectivity index (χ0v) is 14.4. The Bertz CT molecular complexity index is 493. The van der Waals surface area contributed by atoms with E-state index in [2.05, 4.69) is 38.7 Å². The molecular weight excluding hydrogens is 332 g/mol. The standard InChI is InChI=1S/C16H23BrN2O2/c1-16(2,3)21-15(20)19-14-8-13(9-14)18-10-11-5-4-6-12(17)7-11/h4-7,13-14,18H,8-10H2,1-3H3,(H,19,20). The third-order valence-corrected chi connectivity index (χ3v) is 3.84. The van der Waals surface area contributed by atoms with Crippen molar-refractivity contribution in [1.82, 2.24) is 10.6 Å². The van der Waals surface area contributed by atoms with Crippen LogP contribution in [0.1, 0.15) is 39.2 Å². The highest BCUT2D eigenvalue weighted by molar-refractivity contribution is 9.10. The van der Waals surface area contributed by atoms with Gasteiger partial charge in [-0.05, 0) is 51.3 Å². The second-order valence-electron chi connectivity index (χ2n) is 6.52. The summed E-state index contributed by atoms with van der Waals surface area (Å²) in [6.45, 7) is 6.46. The zero-order valence-electron chi connectivity index (χ0n) is 12.8. The summed E-state index contributed by atoms with van der Waals surface area (Å²) < 4.78 is 6.34. The fourth-order valence-corrected chi connectivity index (χ4v) is 2.73. The lowest BCUT2D eigenvalue weighted by atomic mass is 9.87. The van der Waals surface area contributed by atoms with Gasteiger partial charge in [-0.2, -0.15) is 0 Å². The summed E-state index contributed by atoms with van der Waals surface area (Å²) in [7, 11) is 0. The number of hydrogen-bond donors (Lipinski definition) is 2. The Morgan fingerprint density at radius 3 is 2.67 bits per heavy atom. The smallest absolute Gasteiger partial charge is 0.407 e. The highest BCUT2D eigenvalue weighted by Crippen LogP contribution is 2.21. The first-order chi connectivity index (χ1) is 9.82. The summed E-state index contributed by atoms with van der Waals surface area (Å²) in [5, 5.41) is 6.40. The number of nitrogens with one attached hydrogen (secondary N) is 2. The largest absolute Gasteiger partial charge is 0.444 e. The third-order valence-electron chi connectivity index (χ3n) is 3.34. The third kappa shape index (κ3) is 5.67. The van der Waals surface area contributed by atoms with Crippen LogP contribution >= 0.6 is 15.9 Å². The average Bonchev–Trinajstić information content (AvgIpc) is 2.29. The van der Waals surface area contributed by atoms with Crippen molar-refractivity contribution in [3.63, 3.8) is 0 Å². The van der Waals surface area contributed by atoms with Gasteiger partial charge in [-0.15, -0.1) is 0 Å². The van der Waals surface area contributed by atoms with E-state index in [1.165, 1.54) is 5.56 Å². The highest BCUT2D eigenvalue weighted by Gasteiger charge is 2.31. The molecule has 0 spiro atoms. The molecule has 116 valence electrons. The van der Waals surface area contributed by atoms with Gasteiger partial charge in [-0.3, -0.25) is 0 Å². The molecule has 0 radical (unpaired) electrons. The summed E-state index contributed by atoms with van der Waals surface area (Å²) in [6, 6.07) is 8.96. The first-order valence-corrected chi connectivity index (χ1v) is 8.08. The molecule has 1 aliphatic rings. The molecule has 0 aliphatic heterocycles. The van der Waals surface area contributed by atoms with Gasteiger partial charge in [0, 0.05) is 23.1 Å². The average molecular weight is 355 g/mol. The van der Waals surface area contributed by atoms with E-state index in [0.717, 1.165) is 23.9 Å². The fourth-order valence-electron chi connectivity index (χ4n) is 2.29. The van der Waals surface area contributed by atoms with Gasteiger partial charge in [0.2, 0.25) is 0 Å². The maximum atomic E-state index is 11.6. The maximum Gasteiger partial charge on any atom is 0.407 e. The zero-order chi connectivity index (χ0) is 15.5. The first kappa shape index (κ1) is 16.3. The lowest BCUT2D eigenvalue weighted by Crippen LogP contribution is -2.52. The molecule has 1 aromatic carbocycles. The molecule has 0 aromatic heterocycles. The SMILES string of the molecule is CC(C)(C)OC(=O)NC1CC(NCc2cccc(Br)c2)C1. The molecule has 2 rings (SSSR count). The van der Waals surface area contributed by atoms with Gasteiger partial charge in [-0.1, -0.05) is 28.1 Å². The van der Waals surface area contributed by atoms with E-state index in [4.69, 9.17) is 4.74 Å². The normalized spacial score (nSPS) is 21.5. The topological polar surface area (TPSA) is 50.4 Å². The van der Waals surface area contributed by atoms with Crippen molar-refractivity contribution in [3.05, 3.63) is 34.3 Å². The van der Waals surface area contributed by atoms with E-state index >= 15 is 0 Å². The molecule has 1 saturated carbocycles. The van der Waals surface area contributed by atoms with Crippen molar-refractivity contribution in [2.24, 2.45) is 0 Å². The van der Waals surface area contributed by atoms with Gasteiger partial charge in [-0.25, -0.2) is 4.79 Å². The lowest BCUT2D eigenvalue weighted by Gasteiger charge is -2.36. The second-order valence-corrected chi connectivity index (χ2v) is 7.44. The molecule has 1 fully saturated rings. The Balaban J connectivity index is 1.64. The minimum absolute atomic E-state index is 0.222. The number of carbonyl (C=O) groups is 1. The number of carbonyl (C=O) groups excluding carboxylic acids is 1. The van der Waals surface area contributed by atoms with Gasteiger partial charge >= 0.3 is 6.09 Å². The molecule has 0 saturated heterocycles. The van der Waals surface area contributed by atoms with Gasteiger partial charge in [0.15, 0.2) is 0 Å². The molecule has 4 nitrogen and oxygen atoms in total. The van der Waals surface area contributed by atoms with Gasteiger partial charge in [0.05, 0.1) is 0 Å². The summed E-state index contributed by atoms with van der Waals surface area (Å²) in [4.78, 5) is 11.6. The summed E-state index contributed by atoms with van der Waals surface area (Å²) in [6.07, 6.45) is 1.58. The minimum atomic E-state index is -0.438. The molecule has 1 aliphatic carbocycles. The number of ether oxygens (including phenoxy) is 1. The van der Waals surface area contributed by atoms with Crippen molar-refractivity contribution in [2.75, 3.05) is 0 Å². The van der Waals surface area contributed by atoms with E-state index in [0.29, 0.717) is 6.04 Å². The van der Waals surface area contributed by atoms with Crippen LogP contribution in [-0.4, -0.2) is 23.8 Å². The molecule has 21 heavy (non-hydrogen) atoms. The number of amides is 1. The van der Waals surface area contributed by atoms with Crippen LogP contribution in [0.4, 0.5) is 4.79 Å². The van der Waals surface area contributed by atoms with Crippen molar-refractivity contribution >= 4 is 22.0 Å². The molecular formula is C16H23BrN2O2. The van der Waals surface area contributed by atoms with Crippen LogP contribution in [0, 0.1) is 0 Å². The van der Waals surface area contributed by atoms with Crippen LogP contribution in [0.5, 0.6) is 0 Å². The summed E-state index contributed by atoms with van der Waals surface area (Å²) in [5.74, 6) is 0. The number of benzene rings is 1. The van der Waals surface area contributed by atoms with Crippen molar-refractivity contribution in [3.8, 4) is 0 Å².